The number of hydrogen-bond donors (Lipinski definition) is 1. The van der Waals surface area contributed by atoms with Crippen molar-refractivity contribution in [1.82, 2.24) is 9.80 Å². The summed E-state index contributed by atoms with van der Waals surface area (Å²) in [4.78, 5) is 28.5. The normalized spacial score (nSPS) is 24.7. The highest BCUT2D eigenvalue weighted by Crippen LogP contribution is 2.35. The Kier molecular flexibility index (Phi) is 5.01. The van der Waals surface area contributed by atoms with Gasteiger partial charge < -0.3 is 14.6 Å². The minimum Gasteiger partial charge on any atom is -0.462 e. The van der Waals surface area contributed by atoms with Crippen LogP contribution in [0.3, 0.4) is 0 Å². The molecule has 33 heavy (non-hydrogen) atoms. The number of ether oxygens (including phenoxy) is 2. The van der Waals surface area contributed by atoms with Crippen molar-refractivity contribution in [3.05, 3.63) is 69.3 Å². The van der Waals surface area contributed by atoms with Gasteiger partial charge in [-0.25, -0.2) is 9.59 Å². The molecule has 7 heteroatoms. The maximum absolute atomic E-state index is 11.8. The van der Waals surface area contributed by atoms with E-state index in [-0.39, 0.29) is 11.9 Å². The highest BCUT2D eigenvalue weighted by Gasteiger charge is 2.51. The molecule has 6 rings (SSSR count). The van der Waals surface area contributed by atoms with Crippen molar-refractivity contribution in [2.75, 3.05) is 32.8 Å². The molecular formula is C26H28N2O5. The molecule has 172 valence electrons. The van der Waals surface area contributed by atoms with Crippen LogP contribution in [0.1, 0.15) is 54.6 Å². The van der Waals surface area contributed by atoms with Crippen molar-refractivity contribution < 1.29 is 24.2 Å². The molecule has 2 fully saturated rings. The van der Waals surface area contributed by atoms with Crippen LogP contribution in [0.25, 0.3) is 0 Å². The number of aliphatic hydroxyl groups is 1. The van der Waals surface area contributed by atoms with Gasteiger partial charge in [-0.15, -0.1) is 0 Å². The first kappa shape index (κ1) is 20.8. The summed E-state index contributed by atoms with van der Waals surface area (Å²) in [5, 5.41) is 10.8. The molecule has 4 aliphatic rings. The number of aliphatic hydroxyl groups excluding tert-OH is 1. The molecule has 2 aromatic carbocycles. The van der Waals surface area contributed by atoms with Crippen LogP contribution < -0.4 is 0 Å². The van der Waals surface area contributed by atoms with Crippen LogP contribution in [0.2, 0.25) is 0 Å². The minimum atomic E-state index is -0.553. The van der Waals surface area contributed by atoms with Crippen LogP contribution in [0.4, 0.5) is 0 Å². The maximum atomic E-state index is 11.8. The van der Waals surface area contributed by atoms with E-state index < -0.39 is 6.10 Å². The van der Waals surface area contributed by atoms with E-state index in [0.717, 1.165) is 42.7 Å². The fourth-order valence-corrected chi connectivity index (χ4v) is 5.72. The van der Waals surface area contributed by atoms with Gasteiger partial charge in [-0.3, -0.25) is 9.80 Å². The zero-order chi connectivity index (χ0) is 22.7. The first-order valence-electron chi connectivity index (χ1n) is 11.7. The highest BCUT2D eigenvalue weighted by molar-refractivity contribution is 5.94. The average Bonchev–Trinajstić information content (AvgIpc) is 3.19. The van der Waals surface area contributed by atoms with Gasteiger partial charge in [0.1, 0.15) is 6.61 Å². The molecule has 4 heterocycles. The van der Waals surface area contributed by atoms with E-state index in [9.17, 15) is 14.7 Å². The lowest BCUT2D eigenvalue weighted by Crippen LogP contribution is -2.79. The van der Waals surface area contributed by atoms with Gasteiger partial charge in [-0.05, 0) is 47.7 Å². The van der Waals surface area contributed by atoms with E-state index >= 15 is 0 Å². The molecule has 0 bridgehead atoms. The van der Waals surface area contributed by atoms with Crippen LogP contribution >= 0.6 is 0 Å². The quantitative estimate of drug-likeness (QED) is 0.678. The molecule has 3 atom stereocenters. The molecule has 2 saturated heterocycles. The molecule has 7 nitrogen and oxygen atoms in total. The maximum Gasteiger partial charge on any atom is 0.338 e. The van der Waals surface area contributed by atoms with E-state index in [1.165, 1.54) is 11.1 Å². The summed E-state index contributed by atoms with van der Waals surface area (Å²) in [5.41, 5.74) is 6.70. The summed E-state index contributed by atoms with van der Waals surface area (Å²) in [6, 6.07) is 10.6. The first-order valence-corrected chi connectivity index (χ1v) is 11.7. The van der Waals surface area contributed by atoms with Gasteiger partial charge in [0.15, 0.2) is 0 Å². The molecule has 0 aliphatic carbocycles. The van der Waals surface area contributed by atoms with Gasteiger partial charge in [0.2, 0.25) is 0 Å². The number of benzene rings is 2. The standard InChI is InChI=1S/C26H28N2O5/c1-15-16(2-5-20-21(15)14-33-26(20)31)6-8-27-11-23-22(27)12-28(23)13-24(29)18-3-4-19-17(10-18)7-9-32-25(19)30/h2-5,10,22-24,29H,6-9,11-14H2,1H3. The second-order valence-corrected chi connectivity index (χ2v) is 9.60. The summed E-state index contributed by atoms with van der Waals surface area (Å²) in [6.45, 7) is 6.53. The van der Waals surface area contributed by atoms with E-state index in [4.69, 9.17) is 9.47 Å². The summed E-state index contributed by atoms with van der Waals surface area (Å²) >= 11 is 0. The van der Waals surface area contributed by atoms with E-state index in [1.807, 2.05) is 18.2 Å². The summed E-state index contributed by atoms with van der Waals surface area (Å²) in [7, 11) is 0. The average molecular weight is 449 g/mol. The number of β-amino-alcohol motifs (C(OH)–C–C–N with tert-alkyl or cyclic N) is 1. The topological polar surface area (TPSA) is 79.3 Å². The molecule has 0 amide bonds. The fourth-order valence-electron chi connectivity index (χ4n) is 5.72. The summed E-state index contributed by atoms with van der Waals surface area (Å²) in [5.74, 6) is -0.478. The Morgan fingerprint density at radius 1 is 1.03 bits per heavy atom. The van der Waals surface area contributed by atoms with E-state index in [0.29, 0.717) is 49.4 Å². The predicted octanol–water partition coefficient (Wildman–Crippen LogP) is 2.02. The third-order valence-corrected chi connectivity index (χ3v) is 7.92. The molecule has 3 unspecified atom stereocenters. The number of piperazine rings is 1. The number of carbonyl (C=O) groups is 2. The van der Waals surface area contributed by atoms with Crippen molar-refractivity contribution in [2.24, 2.45) is 0 Å². The molecule has 0 radical (unpaired) electrons. The van der Waals surface area contributed by atoms with Gasteiger partial charge in [0.25, 0.3) is 0 Å². The van der Waals surface area contributed by atoms with E-state index in [2.05, 4.69) is 22.8 Å². The van der Waals surface area contributed by atoms with Gasteiger partial charge in [0, 0.05) is 50.2 Å². The summed E-state index contributed by atoms with van der Waals surface area (Å²) in [6.07, 6.45) is 1.12. The lowest BCUT2D eigenvalue weighted by Gasteiger charge is -2.62. The largest absolute Gasteiger partial charge is 0.462 e. The van der Waals surface area contributed by atoms with Crippen LogP contribution in [0.5, 0.6) is 0 Å². The number of nitrogens with zero attached hydrogens (tertiary/aromatic N) is 2. The van der Waals surface area contributed by atoms with Crippen molar-refractivity contribution >= 4 is 11.9 Å². The Bertz CT molecular complexity index is 1150. The van der Waals surface area contributed by atoms with Gasteiger partial charge in [-0.2, -0.15) is 0 Å². The molecule has 0 aromatic heterocycles. The van der Waals surface area contributed by atoms with Gasteiger partial charge >= 0.3 is 11.9 Å². The monoisotopic (exact) mass is 448 g/mol. The van der Waals surface area contributed by atoms with Crippen molar-refractivity contribution in [2.45, 2.75) is 44.6 Å². The Morgan fingerprint density at radius 3 is 2.61 bits per heavy atom. The lowest BCUT2D eigenvalue weighted by molar-refractivity contribution is -0.134. The van der Waals surface area contributed by atoms with Crippen molar-refractivity contribution in [1.29, 1.82) is 0 Å². The zero-order valence-electron chi connectivity index (χ0n) is 18.8. The predicted molar refractivity (Wildman–Crippen MR) is 120 cm³/mol. The fraction of sp³-hybridized carbons (Fsp3) is 0.462. The Labute approximate surface area is 192 Å². The van der Waals surface area contributed by atoms with Crippen LogP contribution in [-0.2, 0) is 28.9 Å². The number of rotatable bonds is 6. The number of likely N-dealkylation sites (tertiary alicyclic amines) is 2. The Balaban J connectivity index is 1.01. The van der Waals surface area contributed by atoms with Crippen molar-refractivity contribution in [3.8, 4) is 0 Å². The highest BCUT2D eigenvalue weighted by atomic mass is 16.5. The Hall–Kier alpha value is -2.74. The third-order valence-electron chi connectivity index (χ3n) is 7.92. The number of cyclic esters (lactones) is 2. The van der Waals surface area contributed by atoms with Crippen molar-refractivity contribution in [3.63, 3.8) is 0 Å². The zero-order valence-corrected chi connectivity index (χ0v) is 18.8. The molecule has 1 N–H and O–H groups in total. The minimum absolute atomic E-state index is 0.208. The van der Waals surface area contributed by atoms with Crippen LogP contribution in [0, 0.1) is 6.92 Å². The molecule has 0 saturated carbocycles. The third kappa shape index (κ3) is 3.46. The lowest BCUT2D eigenvalue weighted by atomic mass is 9.84. The molecule has 4 aliphatic heterocycles. The first-order chi connectivity index (χ1) is 16.0. The van der Waals surface area contributed by atoms with Gasteiger partial charge in [-0.1, -0.05) is 18.2 Å². The van der Waals surface area contributed by atoms with Gasteiger partial charge in [0.05, 0.1) is 23.8 Å². The molecular weight excluding hydrogens is 420 g/mol. The SMILES string of the molecule is Cc1c(CCN2CC3C2CN3CC(O)c2ccc3c(c2)CCOC3=O)ccc2c1COC2=O. The smallest absolute Gasteiger partial charge is 0.338 e. The number of esters is 2. The summed E-state index contributed by atoms with van der Waals surface area (Å²) < 4.78 is 10.3. The molecule has 2 aromatic rings. The second-order valence-electron chi connectivity index (χ2n) is 9.60. The number of fused-ring (bicyclic) bond motifs is 3. The number of carbonyl (C=O) groups excluding carboxylic acids is 2. The number of hydrogen-bond acceptors (Lipinski definition) is 7. The second kappa shape index (κ2) is 7.94. The van der Waals surface area contributed by atoms with Crippen LogP contribution in [-0.4, -0.2) is 71.7 Å². The molecule has 0 spiro atoms. The Morgan fingerprint density at radius 2 is 1.79 bits per heavy atom. The van der Waals surface area contributed by atoms with Crippen LogP contribution in [0.15, 0.2) is 30.3 Å². The van der Waals surface area contributed by atoms with E-state index in [1.54, 1.807) is 6.07 Å².